The van der Waals surface area contributed by atoms with Gasteiger partial charge in [-0.15, -0.1) is 0 Å². The monoisotopic (exact) mass is 365 g/mol. The van der Waals surface area contributed by atoms with Crippen molar-refractivity contribution in [1.82, 2.24) is 25.1 Å². The molecule has 0 aliphatic carbocycles. The fourth-order valence-corrected chi connectivity index (χ4v) is 3.55. The molecule has 1 aliphatic heterocycles. The van der Waals surface area contributed by atoms with Crippen molar-refractivity contribution in [3.05, 3.63) is 65.0 Å². The Labute approximate surface area is 157 Å². The van der Waals surface area contributed by atoms with Crippen LogP contribution < -0.4 is 5.32 Å². The van der Waals surface area contributed by atoms with Crippen molar-refractivity contribution in [2.75, 3.05) is 0 Å². The quantitative estimate of drug-likeness (QED) is 0.744. The van der Waals surface area contributed by atoms with Crippen LogP contribution in [0.4, 0.5) is 0 Å². The van der Waals surface area contributed by atoms with Gasteiger partial charge in [-0.25, -0.2) is 4.98 Å². The van der Waals surface area contributed by atoms with Crippen LogP contribution in [-0.4, -0.2) is 31.8 Å². The number of hydrogen-bond donors (Lipinski definition) is 2. The number of aromatic amines is 1. The van der Waals surface area contributed by atoms with E-state index in [0.29, 0.717) is 18.7 Å². The number of imidazole rings is 1. The number of rotatable bonds is 4. The van der Waals surface area contributed by atoms with E-state index in [1.54, 1.807) is 6.20 Å². The first-order valence-electron chi connectivity index (χ1n) is 9.13. The van der Waals surface area contributed by atoms with Crippen LogP contribution in [0.3, 0.4) is 0 Å². The molecule has 2 atom stereocenters. The average molecular weight is 365 g/mol. The fourth-order valence-electron chi connectivity index (χ4n) is 3.55. The summed E-state index contributed by atoms with van der Waals surface area (Å²) in [6, 6.07) is 8.06. The molecule has 3 aromatic rings. The van der Waals surface area contributed by atoms with Gasteiger partial charge in [0.05, 0.1) is 17.9 Å². The van der Waals surface area contributed by atoms with Crippen LogP contribution >= 0.6 is 0 Å². The van der Waals surface area contributed by atoms with Crippen LogP contribution in [0.1, 0.15) is 53.1 Å². The first-order chi connectivity index (χ1) is 13.0. The Morgan fingerprint density at radius 2 is 2.11 bits per heavy atom. The van der Waals surface area contributed by atoms with Gasteiger partial charge in [0.2, 0.25) is 0 Å². The Kier molecular flexibility index (Phi) is 4.53. The van der Waals surface area contributed by atoms with Crippen molar-refractivity contribution in [3.63, 3.8) is 0 Å². The van der Waals surface area contributed by atoms with Gasteiger partial charge in [0.25, 0.3) is 5.91 Å². The molecule has 0 saturated carbocycles. The minimum absolute atomic E-state index is 0.0722. The normalized spacial score (nSPS) is 18.9. The molecule has 0 unspecified atom stereocenters. The fraction of sp³-hybridized carbons (Fsp3) is 0.350. The molecule has 0 fully saturated rings. The highest BCUT2D eigenvalue weighted by atomic mass is 16.5. The van der Waals surface area contributed by atoms with E-state index >= 15 is 0 Å². The van der Waals surface area contributed by atoms with E-state index in [-0.39, 0.29) is 18.1 Å². The number of aromatic nitrogens is 4. The molecule has 2 N–H and O–H groups in total. The van der Waals surface area contributed by atoms with E-state index in [9.17, 15) is 4.79 Å². The van der Waals surface area contributed by atoms with E-state index in [4.69, 9.17) is 4.74 Å². The summed E-state index contributed by atoms with van der Waals surface area (Å²) in [6.45, 7) is 6.40. The molecule has 0 bridgehead atoms. The van der Waals surface area contributed by atoms with Gasteiger partial charge in [-0.05, 0) is 38.5 Å². The second-order valence-electron chi connectivity index (χ2n) is 6.95. The lowest BCUT2D eigenvalue weighted by Crippen LogP contribution is -2.27. The number of fused-ring (bicyclic) bond motifs is 1. The van der Waals surface area contributed by atoms with Crippen LogP contribution in [0.25, 0.3) is 5.69 Å². The lowest BCUT2D eigenvalue weighted by Gasteiger charge is -2.25. The van der Waals surface area contributed by atoms with Crippen molar-refractivity contribution in [1.29, 1.82) is 0 Å². The Morgan fingerprint density at radius 3 is 2.81 bits per heavy atom. The van der Waals surface area contributed by atoms with E-state index < -0.39 is 0 Å². The van der Waals surface area contributed by atoms with Crippen molar-refractivity contribution < 1.29 is 9.53 Å². The lowest BCUT2D eigenvalue weighted by atomic mass is 9.99. The summed E-state index contributed by atoms with van der Waals surface area (Å²) in [6.07, 6.45) is 4.41. The third kappa shape index (κ3) is 3.38. The summed E-state index contributed by atoms with van der Waals surface area (Å²) in [5.41, 5.74) is 4.41. The summed E-state index contributed by atoms with van der Waals surface area (Å²) in [7, 11) is 0. The number of ether oxygens (including phenoxy) is 1. The van der Waals surface area contributed by atoms with Crippen LogP contribution in [0, 0.1) is 6.92 Å². The van der Waals surface area contributed by atoms with Gasteiger partial charge in [-0.2, -0.15) is 5.10 Å². The highest BCUT2D eigenvalue weighted by Gasteiger charge is 2.29. The number of nitrogens with zero attached hydrogens (tertiary/aromatic N) is 3. The minimum atomic E-state index is -0.164. The summed E-state index contributed by atoms with van der Waals surface area (Å²) in [5.74, 6) is 0.773. The number of carbonyl (C=O) groups excluding carboxylic acids is 1. The van der Waals surface area contributed by atoms with Gasteiger partial charge in [-0.3, -0.25) is 9.89 Å². The molecule has 0 saturated heterocycles. The summed E-state index contributed by atoms with van der Waals surface area (Å²) in [5, 5.41) is 10.1. The van der Waals surface area contributed by atoms with Crippen LogP contribution in [0.5, 0.6) is 0 Å². The third-order valence-electron chi connectivity index (χ3n) is 4.94. The highest BCUT2D eigenvalue weighted by Crippen LogP contribution is 2.30. The molecule has 0 radical (unpaired) electrons. The number of amides is 1. The number of aryl methyl sites for hydroxylation is 1. The van der Waals surface area contributed by atoms with Crippen molar-refractivity contribution in [2.24, 2.45) is 0 Å². The minimum Gasteiger partial charge on any atom is -0.369 e. The SMILES string of the molecule is Cc1nccn1-c1ccc(CNC(=O)c2n[nH]c3c2C[C@@H](C)O[C@H]3C)cc1. The topological polar surface area (TPSA) is 84.8 Å². The maximum atomic E-state index is 12.6. The predicted octanol–water partition coefficient (Wildman–Crippen LogP) is 2.86. The molecule has 7 nitrogen and oxygen atoms in total. The molecule has 1 amide bonds. The van der Waals surface area contributed by atoms with Gasteiger partial charge < -0.3 is 14.6 Å². The van der Waals surface area contributed by atoms with Gasteiger partial charge in [0, 0.05) is 36.6 Å². The maximum Gasteiger partial charge on any atom is 0.272 e. The Bertz CT molecular complexity index is 957. The highest BCUT2D eigenvalue weighted by molar-refractivity contribution is 5.94. The standard InChI is InChI=1S/C20H23N5O2/c1-12-10-17-18(13(2)27-12)23-24-19(17)20(26)22-11-15-4-6-16(7-5-15)25-9-8-21-14(25)3/h4-9,12-13H,10-11H2,1-3H3,(H,22,26)(H,23,24)/t12-,13+/m1/s1. The molecule has 7 heteroatoms. The van der Waals surface area contributed by atoms with E-state index in [1.165, 1.54) is 0 Å². The number of nitrogens with one attached hydrogen (secondary N) is 2. The molecule has 140 valence electrons. The van der Waals surface area contributed by atoms with Gasteiger partial charge in [0.1, 0.15) is 5.82 Å². The van der Waals surface area contributed by atoms with E-state index in [1.807, 2.05) is 55.8 Å². The largest absolute Gasteiger partial charge is 0.369 e. The van der Waals surface area contributed by atoms with Crippen molar-refractivity contribution >= 4 is 5.91 Å². The zero-order chi connectivity index (χ0) is 19.0. The number of hydrogen-bond acceptors (Lipinski definition) is 4. The van der Waals surface area contributed by atoms with Crippen molar-refractivity contribution in [2.45, 2.75) is 45.9 Å². The summed E-state index contributed by atoms with van der Waals surface area (Å²) >= 11 is 0. The van der Waals surface area contributed by atoms with Gasteiger partial charge >= 0.3 is 0 Å². The molecule has 3 heterocycles. The zero-order valence-electron chi connectivity index (χ0n) is 15.7. The Balaban J connectivity index is 1.44. The Hall–Kier alpha value is -2.93. The average Bonchev–Trinajstić information content (AvgIpc) is 3.26. The number of carbonyl (C=O) groups is 1. The van der Waals surface area contributed by atoms with E-state index in [2.05, 4.69) is 20.5 Å². The molecule has 0 spiro atoms. The zero-order valence-corrected chi connectivity index (χ0v) is 15.7. The van der Waals surface area contributed by atoms with Crippen LogP contribution in [0.15, 0.2) is 36.7 Å². The van der Waals surface area contributed by atoms with E-state index in [0.717, 1.165) is 28.3 Å². The molecular weight excluding hydrogens is 342 g/mol. The summed E-state index contributed by atoms with van der Waals surface area (Å²) in [4.78, 5) is 16.9. The molecule has 4 rings (SSSR count). The third-order valence-corrected chi connectivity index (χ3v) is 4.94. The first kappa shape index (κ1) is 17.5. The maximum absolute atomic E-state index is 12.6. The molecule has 27 heavy (non-hydrogen) atoms. The number of benzene rings is 1. The van der Waals surface area contributed by atoms with Gasteiger partial charge in [-0.1, -0.05) is 12.1 Å². The molecule has 1 aliphatic rings. The predicted molar refractivity (Wildman–Crippen MR) is 101 cm³/mol. The molecular formula is C20H23N5O2. The first-order valence-corrected chi connectivity index (χ1v) is 9.13. The second kappa shape index (κ2) is 7.00. The van der Waals surface area contributed by atoms with Crippen LogP contribution in [0.2, 0.25) is 0 Å². The van der Waals surface area contributed by atoms with Crippen LogP contribution in [-0.2, 0) is 17.7 Å². The second-order valence-corrected chi connectivity index (χ2v) is 6.95. The molecule has 2 aromatic heterocycles. The number of H-pyrrole nitrogens is 1. The van der Waals surface area contributed by atoms with Gasteiger partial charge in [0.15, 0.2) is 5.69 Å². The Morgan fingerprint density at radius 1 is 1.33 bits per heavy atom. The molecule has 1 aromatic carbocycles. The summed E-state index contributed by atoms with van der Waals surface area (Å²) < 4.78 is 7.79. The smallest absolute Gasteiger partial charge is 0.272 e. The van der Waals surface area contributed by atoms with Crippen molar-refractivity contribution in [3.8, 4) is 5.69 Å². The lowest BCUT2D eigenvalue weighted by molar-refractivity contribution is -0.00697.